The van der Waals surface area contributed by atoms with E-state index in [9.17, 15) is 13.2 Å². The second-order valence-electron chi connectivity index (χ2n) is 6.05. The third-order valence-corrected chi connectivity index (χ3v) is 5.11. The molecular weight excluding hydrogens is 422 g/mol. The molecule has 0 spiro atoms. The summed E-state index contributed by atoms with van der Waals surface area (Å²) in [6.07, 6.45) is -3.95. The van der Waals surface area contributed by atoms with E-state index in [0.717, 1.165) is 11.6 Å². The largest absolute Gasteiger partial charge is 0.418 e. The van der Waals surface area contributed by atoms with E-state index >= 15 is 0 Å². The highest BCUT2D eigenvalue weighted by Crippen LogP contribution is 2.41. The zero-order chi connectivity index (χ0) is 19.3. The van der Waals surface area contributed by atoms with Crippen LogP contribution < -0.4 is 5.32 Å². The smallest absolute Gasteiger partial charge is 0.369 e. The molecule has 1 aromatic heterocycles. The van der Waals surface area contributed by atoms with Crippen molar-refractivity contribution < 1.29 is 13.2 Å². The number of alkyl halides is 3. The molecule has 2 aromatic carbocycles. The third kappa shape index (κ3) is 3.26. The van der Waals surface area contributed by atoms with Crippen molar-refractivity contribution in [2.75, 3.05) is 11.9 Å². The van der Waals surface area contributed by atoms with Crippen LogP contribution in [0.25, 0.3) is 16.9 Å². The van der Waals surface area contributed by atoms with E-state index in [2.05, 4.69) is 10.4 Å². The summed E-state index contributed by atoms with van der Waals surface area (Å²) in [5, 5.41) is 8.42. The number of anilines is 1. The maximum absolute atomic E-state index is 13.5. The molecule has 0 amide bonds. The van der Waals surface area contributed by atoms with Gasteiger partial charge in [0.05, 0.1) is 22.0 Å². The van der Waals surface area contributed by atoms with Gasteiger partial charge >= 0.3 is 6.18 Å². The summed E-state index contributed by atoms with van der Waals surface area (Å²) in [7, 11) is 0. The predicted molar refractivity (Wildman–Crippen MR) is 101 cm³/mol. The van der Waals surface area contributed by atoms with Crippen molar-refractivity contribution in [3.05, 3.63) is 62.6 Å². The first-order valence-electron chi connectivity index (χ1n) is 7.94. The fourth-order valence-electron chi connectivity index (χ4n) is 3.17. The zero-order valence-electron chi connectivity index (χ0n) is 13.5. The molecule has 0 saturated carbocycles. The Morgan fingerprint density at radius 3 is 2.41 bits per heavy atom. The first kappa shape index (κ1) is 18.5. The molecule has 0 bridgehead atoms. The number of nitrogens with zero attached hydrogens (tertiary/aromatic N) is 2. The maximum Gasteiger partial charge on any atom is 0.418 e. The third-order valence-electron chi connectivity index (χ3n) is 4.33. The van der Waals surface area contributed by atoms with E-state index in [-0.39, 0.29) is 10.7 Å². The maximum atomic E-state index is 13.5. The van der Waals surface area contributed by atoms with Gasteiger partial charge in [-0.2, -0.15) is 18.3 Å². The van der Waals surface area contributed by atoms with E-state index in [0.29, 0.717) is 40.1 Å². The molecule has 0 fully saturated rings. The number of hydrogen-bond donors (Lipinski definition) is 1. The van der Waals surface area contributed by atoms with Crippen LogP contribution in [0.2, 0.25) is 15.1 Å². The highest BCUT2D eigenvalue weighted by molar-refractivity contribution is 6.36. The molecule has 140 valence electrons. The predicted octanol–water partition coefficient (Wildman–Crippen LogP) is 6.49. The fourth-order valence-corrected chi connectivity index (χ4v) is 3.84. The second kappa shape index (κ2) is 6.62. The minimum absolute atomic E-state index is 0.00352. The van der Waals surface area contributed by atoms with E-state index in [1.54, 1.807) is 18.2 Å². The van der Waals surface area contributed by atoms with Gasteiger partial charge in [0.2, 0.25) is 0 Å². The lowest BCUT2D eigenvalue weighted by Gasteiger charge is -2.15. The molecule has 3 nitrogen and oxygen atoms in total. The van der Waals surface area contributed by atoms with Crippen LogP contribution in [-0.2, 0) is 12.6 Å². The minimum Gasteiger partial charge on any atom is -0.369 e. The van der Waals surface area contributed by atoms with E-state index in [4.69, 9.17) is 34.8 Å². The Labute approximate surface area is 167 Å². The number of benzene rings is 2. The van der Waals surface area contributed by atoms with Crippen LogP contribution in [0.4, 0.5) is 19.0 Å². The lowest BCUT2D eigenvalue weighted by atomic mass is 10.1. The van der Waals surface area contributed by atoms with Gasteiger partial charge in [0.25, 0.3) is 0 Å². The summed E-state index contributed by atoms with van der Waals surface area (Å²) in [5.74, 6) is 0.517. The Morgan fingerprint density at radius 2 is 1.70 bits per heavy atom. The quantitative estimate of drug-likeness (QED) is 0.502. The Bertz CT molecular complexity index is 1040. The summed E-state index contributed by atoms with van der Waals surface area (Å²) < 4.78 is 41.9. The van der Waals surface area contributed by atoms with Crippen LogP contribution in [0, 0.1) is 0 Å². The number of hydrogen-bond acceptors (Lipinski definition) is 2. The highest BCUT2D eigenvalue weighted by Gasteiger charge is 2.36. The van der Waals surface area contributed by atoms with Crippen molar-refractivity contribution >= 4 is 40.6 Å². The Kier molecular flexibility index (Phi) is 4.53. The van der Waals surface area contributed by atoms with Crippen LogP contribution in [0.1, 0.15) is 11.1 Å². The summed E-state index contributed by atoms with van der Waals surface area (Å²) in [6.45, 7) is 0.598. The van der Waals surface area contributed by atoms with Crippen molar-refractivity contribution in [1.82, 2.24) is 9.78 Å². The molecule has 2 heterocycles. The number of nitrogens with one attached hydrogen (secondary N) is 1. The van der Waals surface area contributed by atoms with Crippen LogP contribution >= 0.6 is 34.8 Å². The van der Waals surface area contributed by atoms with Gasteiger partial charge < -0.3 is 5.32 Å². The van der Waals surface area contributed by atoms with E-state index in [1.807, 2.05) is 0 Å². The Hall–Kier alpha value is -1.89. The molecule has 3 aromatic rings. The lowest BCUT2D eigenvalue weighted by molar-refractivity contribution is -0.137. The van der Waals surface area contributed by atoms with Crippen molar-refractivity contribution in [3.63, 3.8) is 0 Å². The first-order valence-corrected chi connectivity index (χ1v) is 9.07. The van der Waals surface area contributed by atoms with Crippen molar-refractivity contribution in [2.24, 2.45) is 0 Å². The number of fused-ring (bicyclic) bond motifs is 1. The van der Waals surface area contributed by atoms with Gasteiger partial charge in [-0.3, -0.25) is 0 Å². The summed E-state index contributed by atoms with van der Waals surface area (Å²) in [4.78, 5) is 0. The molecule has 0 aliphatic carbocycles. The zero-order valence-corrected chi connectivity index (χ0v) is 15.8. The summed E-state index contributed by atoms with van der Waals surface area (Å²) in [5.41, 5.74) is 0.987. The first-order chi connectivity index (χ1) is 12.8. The molecule has 4 rings (SSSR count). The molecule has 0 unspecified atom stereocenters. The van der Waals surface area contributed by atoms with Gasteiger partial charge in [-0.25, -0.2) is 4.68 Å². The van der Waals surface area contributed by atoms with Crippen molar-refractivity contribution in [2.45, 2.75) is 12.6 Å². The summed E-state index contributed by atoms with van der Waals surface area (Å²) in [6, 6.07) is 8.57. The molecule has 1 N–H and O–H groups in total. The minimum atomic E-state index is -4.57. The van der Waals surface area contributed by atoms with Gasteiger partial charge in [0, 0.05) is 27.7 Å². The van der Waals surface area contributed by atoms with Crippen LogP contribution in [0.3, 0.4) is 0 Å². The topological polar surface area (TPSA) is 29.9 Å². The van der Waals surface area contributed by atoms with Crippen molar-refractivity contribution in [1.29, 1.82) is 0 Å². The normalized spacial score (nSPS) is 13.6. The molecule has 9 heteroatoms. The van der Waals surface area contributed by atoms with Crippen molar-refractivity contribution in [3.8, 4) is 16.9 Å². The van der Waals surface area contributed by atoms with Gasteiger partial charge in [-0.05, 0) is 42.8 Å². The number of rotatable bonds is 2. The van der Waals surface area contributed by atoms with Gasteiger partial charge in [-0.1, -0.05) is 34.8 Å². The average molecular weight is 433 g/mol. The number of halogens is 6. The van der Waals surface area contributed by atoms with Gasteiger partial charge in [-0.15, -0.1) is 0 Å². The van der Waals surface area contributed by atoms with Gasteiger partial charge in [0.15, 0.2) is 0 Å². The molecular formula is C18H11Cl3F3N3. The molecule has 0 radical (unpaired) electrons. The van der Waals surface area contributed by atoms with E-state index in [1.165, 1.54) is 16.8 Å². The van der Waals surface area contributed by atoms with Crippen LogP contribution in [-0.4, -0.2) is 16.3 Å². The molecule has 1 aliphatic rings. The molecule has 0 atom stereocenters. The molecule has 0 saturated heterocycles. The van der Waals surface area contributed by atoms with Gasteiger partial charge in [0.1, 0.15) is 5.82 Å². The monoisotopic (exact) mass is 431 g/mol. The summed E-state index contributed by atoms with van der Waals surface area (Å²) >= 11 is 18.0. The lowest BCUT2D eigenvalue weighted by Crippen LogP contribution is -2.13. The highest BCUT2D eigenvalue weighted by atomic mass is 35.5. The number of aromatic nitrogens is 2. The molecule has 27 heavy (non-hydrogen) atoms. The van der Waals surface area contributed by atoms with Crippen LogP contribution in [0.5, 0.6) is 0 Å². The Morgan fingerprint density at radius 1 is 1.00 bits per heavy atom. The molecule has 1 aliphatic heterocycles. The van der Waals surface area contributed by atoms with Crippen LogP contribution in [0.15, 0.2) is 36.4 Å². The SMILES string of the molecule is FC(F)(F)c1cc(Cl)ccc1-n1nc(-c2ccc(Cl)cc2Cl)c2c1NCC2. The Balaban J connectivity index is 1.95. The average Bonchev–Trinajstić information content (AvgIpc) is 3.17. The van der Waals surface area contributed by atoms with E-state index < -0.39 is 11.7 Å². The standard InChI is InChI=1S/C18H11Cl3F3N3/c19-9-2-4-15(13(7-9)18(22,23)24)27-17-12(5-6-25-17)16(26-27)11-3-1-10(20)8-14(11)21/h1-4,7-8,25H,5-6H2. The second-order valence-corrected chi connectivity index (χ2v) is 7.33. The fraction of sp³-hybridized carbons (Fsp3) is 0.167.